The zero-order valence-electron chi connectivity index (χ0n) is 19.7. The number of benzene rings is 3. The van der Waals surface area contributed by atoms with Crippen molar-refractivity contribution >= 4 is 17.3 Å². The summed E-state index contributed by atoms with van der Waals surface area (Å²) in [6, 6.07) is 25.5. The quantitative estimate of drug-likeness (QED) is 0.597. The van der Waals surface area contributed by atoms with E-state index < -0.39 is 0 Å². The van der Waals surface area contributed by atoms with Gasteiger partial charge in [0.25, 0.3) is 0 Å². The smallest absolute Gasteiger partial charge is 0.228 e. The lowest BCUT2D eigenvalue weighted by atomic mass is 9.82. The average molecular weight is 454 g/mol. The number of fused-ring (bicyclic) bond motifs is 4. The first-order valence-corrected chi connectivity index (χ1v) is 12.3. The van der Waals surface area contributed by atoms with Gasteiger partial charge < -0.3 is 19.4 Å². The molecule has 2 atom stereocenters. The van der Waals surface area contributed by atoms with Crippen molar-refractivity contribution in [2.75, 3.05) is 43.1 Å². The van der Waals surface area contributed by atoms with Crippen LogP contribution in [0.4, 0.5) is 11.4 Å². The van der Waals surface area contributed by atoms with Gasteiger partial charge in [0.2, 0.25) is 5.91 Å². The zero-order chi connectivity index (χ0) is 23.1. The van der Waals surface area contributed by atoms with Gasteiger partial charge in [0.05, 0.1) is 24.8 Å². The van der Waals surface area contributed by atoms with Crippen LogP contribution in [0.15, 0.2) is 72.8 Å². The standard InChI is InChI=1S/C29H31N3O2/c1-34-28-13-7-6-12-26(28)30-16-17-32-25-11-5-4-9-22(25)18-24(27(32)20-30)29(33)31-15-14-21-8-2-3-10-23(21)19-31/h2-13,24,27H,14-20H2,1H3. The molecule has 174 valence electrons. The number of amides is 1. The molecule has 1 amide bonds. The number of carbonyl (C=O) groups excluding carboxylic acids is 1. The molecule has 3 aliphatic rings. The van der Waals surface area contributed by atoms with Gasteiger partial charge in [-0.15, -0.1) is 0 Å². The predicted octanol–water partition coefficient (Wildman–Crippen LogP) is 4.15. The molecular formula is C29H31N3O2. The number of methoxy groups -OCH3 is 1. The Morgan fingerprint density at radius 3 is 2.35 bits per heavy atom. The Balaban J connectivity index is 1.32. The molecule has 1 fully saturated rings. The van der Waals surface area contributed by atoms with E-state index in [-0.39, 0.29) is 12.0 Å². The number of piperazine rings is 1. The Hall–Kier alpha value is -3.47. The van der Waals surface area contributed by atoms with Crippen molar-refractivity contribution in [1.29, 1.82) is 0 Å². The molecule has 34 heavy (non-hydrogen) atoms. The summed E-state index contributed by atoms with van der Waals surface area (Å²) in [7, 11) is 1.73. The summed E-state index contributed by atoms with van der Waals surface area (Å²) < 4.78 is 5.66. The van der Waals surface area contributed by atoms with Crippen LogP contribution in [0.3, 0.4) is 0 Å². The molecule has 0 aliphatic carbocycles. The van der Waals surface area contributed by atoms with E-state index in [4.69, 9.17) is 4.74 Å². The number of rotatable bonds is 3. The van der Waals surface area contributed by atoms with Crippen LogP contribution in [0.25, 0.3) is 0 Å². The Morgan fingerprint density at radius 2 is 1.53 bits per heavy atom. The molecule has 0 aromatic heterocycles. The van der Waals surface area contributed by atoms with Crippen LogP contribution in [0.5, 0.6) is 5.75 Å². The molecule has 3 heterocycles. The van der Waals surface area contributed by atoms with Gasteiger partial charge in [0, 0.05) is 38.4 Å². The number of nitrogens with zero attached hydrogens (tertiary/aromatic N) is 3. The van der Waals surface area contributed by atoms with E-state index in [1.54, 1.807) is 7.11 Å². The second-order valence-corrected chi connectivity index (χ2v) is 9.60. The average Bonchev–Trinajstić information content (AvgIpc) is 2.91. The van der Waals surface area contributed by atoms with Gasteiger partial charge in [-0.3, -0.25) is 4.79 Å². The minimum atomic E-state index is -0.0577. The number of carbonyl (C=O) groups is 1. The number of hydrogen-bond acceptors (Lipinski definition) is 4. The van der Waals surface area contributed by atoms with Gasteiger partial charge in [-0.2, -0.15) is 0 Å². The van der Waals surface area contributed by atoms with Crippen molar-refractivity contribution in [3.63, 3.8) is 0 Å². The summed E-state index contributed by atoms with van der Waals surface area (Å²) in [5, 5.41) is 0. The largest absolute Gasteiger partial charge is 0.495 e. The lowest BCUT2D eigenvalue weighted by molar-refractivity contribution is -0.137. The fourth-order valence-electron chi connectivity index (χ4n) is 6.07. The lowest BCUT2D eigenvalue weighted by Crippen LogP contribution is -2.61. The predicted molar refractivity (Wildman–Crippen MR) is 136 cm³/mol. The van der Waals surface area contributed by atoms with Gasteiger partial charge >= 0.3 is 0 Å². The summed E-state index contributed by atoms with van der Waals surface area (Å²) in [6.45, 7) is 4.14. The van der Waals surface area contributed by atoms with Crippen LogP contribution >= 0.6 is 0 Å². The molecule has 3 aromatic carbocycles. The minimum absolute atomic E-state index is 0.0577. The van der Waals surface area contributed by atoms with Crippen molar-refractivity contribution in [3.05, 3.63) is 89.5 Å². The summed E-state index contributed by atoms with van der Waals surface area (Å²) in [5.74, 6) is 1.13. The fraction of sp³-hybridized carbons (Fsp3) is 0.345. The second kappa shape index (κ2) is 8.71. The summed E-state index contributed by atoms with van der Waals surface area (Å²) in [4.78, 5) is 21.0. The Bertz CT molecular complexity index is 1210. The van der Waals surface area contributed by atoms with Gasteiger partial charge in [-0.1, -0.05) is 54.6 Å². The first-order valence-electron chi connectivity index (χ1n) is 12.3. The van der Waals surface area contributed by atoms with E-state index in [1.165, 1.54) is 22.4 Å². The number of anilines is 2. The normalized spacial score (nSPS) is 21.4. The zero-order valence-corrected chi connectivity index (χ0v) is 19.7. The molecule has 1 saturated heterocycles. The topological polar surface area (TPSA) is 36.0 Å². The van der Waals surface area contributed by atoms with Crippen LogP contribution in [0.2, 0.25) is 0 Å². The van der Waals surface area contributed by atoms with E-state index in [9.17, 15) is 4.79 Å². The Morgan fingerprint density at radius 1 is 0.824 bits per heavy atom. The molecule has 0 spiro atoms. The van der Waals surface area contributed by atoms with Crippen molar-refractivity contribution in [2.24, 2.45) is 5.92 Å². The first kappa shape index (κ1) is 21.1. The molecule has 3 aliphatic heterocycles. The second-order valence-electron chi connectivity index (χ2n) is 9.60. The molecule has 0 N–H and O–H groups in total. The lowest BCUT2D eigenvalue weighted by Gasteiger charge is -2.50. The van der Waals surface area contributed by atoms with Crippen molar-refractivity contribution < 1.29 is 9.53 Å². The third kappa shape index (κ3) is 3.60. The highest BCUT2D eigenvalue weighted by Crippen LogP contribution is 2.39. The van der Waals surface area contributed by atoms with Gasteiger partial charge in [-0.25, -0.2) is 0 Å². The van der Waals surface area contributed by atoms with Gasteiger partial charge in [-0.05, 0) is 47.7 Å². The van der Waals surface area contributed by atoms with Crippen LogP contribution < -0.4 is 14.5 Å². The van der Waals surface area contributed by atoms with E-state index >= 15 is 0 Å². The maximum absolute atomic E-state index is 14.0. The number of para-hydroxylation sites is 3. The molecule has 3 aromatic rings. The molecule has 0 saturated carbocycles. The van der Waals surface area contributed by atoms with E-state index in [0.29, 0.717) is 5.91 Å². The third-order valence-electron chi connectivity index (χ3n) is 7.81. The van der Waals surface area contributed by atoms with E-state index in [2.05, 4.69) is 75.4 Å². The molecule has 0 radical (unpaired) electrons. The maximum atomic E-state index is 14.0. The molecule has 6 rings (SSSR count). The maximum Gasteiger partial charge on any atom is 0.228 e. The van der Waals surface area contributed by atoms with Crippen molar-refractivity contribution in [1.82, 2.24) is 4.90 Å². The number of hydrogen-bond donors (Lipinski definition) is 0. The van der Waals surface area contributed by atoms with Gasteiger partial charge in [0.15, 0.2) is 0 Å². The van der Waals surface area contributed by atoms with Crippen LogP contribution in [0.1, 0.15) is 16.7 Å². The van der Waals surface area contributed by atoms with Crippen LogP contribution in [0, 0.1) is 5.92 Å². The summed E-state index contributed by atoms with van der Waals surface area (Å²) in [6.07, 6.45) is 1.74. The number of ether oxygens (including phenoxy) is 1. The molecule has 5 nitrogen and oxygen atoms in total. The summed E-state index contributed by atoms with van der Waals surface area (Å²) in [5.41, 5.74) is 6.36. The monoisotopic (exact) mass is 453 g/mol. The molecular weight excluding hydrogens is 422 g/mol. The van der Waals surface area contributed by atoms with Gasteiger partial charge in [0.1, 0.15) is 5.75 Å². The fourth-order valence-corrected chi connectivity index (χ4v) is 6.07. The van der Waals surface area contributed by atoms with E-state index in [0.717, 1.165) is 57.0 Å². The Labute approximate surface area is 201 Å². The minimum Gasteiger partial charge on any atom is -0.495 e. The molecule has 0 bridgehead atoms. The highest BCUT2D eigenvalue weighted by molar-refractivity contribution is 5.83. The van der Waals surface area contributed by atoms with Crippen LogP contribution in [-0.2, 0) is 24.2 Å². The van der Waals surface area contributed by atoms with Crippen molar-refractivity contribution in [2.45, 2.75) is 25.4 Å². The van der Waals surface area contributed by atoms with Crippen molar-refractivity contribution in [3.8, 4) is 5.75 Å². The Kier molecular flexibility index (Phi) is 5.40. The SMILES string of the molecule is COc1ccccc1N1CCN2c3ccccc3CC(C(=O)N3CCc4ccccc4C3)C2C1. The highest BCUT2D eigenvalue weighted by atomic mass is 16.5. The highest BCUT2D eigenvalue weighted by Gasteiger charge is 2.43. The van der Waals surface area contributed by atoms with Crippen LogP contribution in [-0.4, -0.2) is 50.1 Å². The molecule has 5 heteroatoms. The molecule has 2 unspecified atom stereocenters. The third-order valence-corrected chi connectivity index (χ3v) is 7.81. The van der Waals surface area contributed by atoms with E-state index in [1.807, 2.05) is 12.1 Å². The first-order chi connectivity index (χ1) is 16.7. The summed E-state index contributed by atoms with van der Waals surface area (Å²) >= 11 is 0.